The number of hydrogen-bond acceptors (Lipinski definition) is 8. The highest BCUT2D eigenvalue weighted by atomic mass is 35.5. The summed E-state index contributed by atoms with van der Waals surface area (Å²) < 4.78 is 11.3. The molecule has 1 heterocycles. The average Bonchev–Trinajstić information content (AvgIpc) is 3.02. The Kier molecular flexibility index (Phi) is 27.7. The van der Waals surface area contributed by atoms with Crippen molar-refractivity contribution < 1.29 is 24.2 Å². The fourth-order valence-electron chi connectivity index (χ4n) is 5.82. The van der Waals surface area contributed by atoms with Gasteiger partial charge in [0.1, 0.15) is 5.75 Å². The van der Waals surface area contributed by atoms with Crippen LogP contribution >= 0.6 is 37.2 Å². The number of carbonyl (C=O) groups is 2. The van der Waals surface area contributed by atoms with Crippen LogP contribution in [0.5, 0.6) is 5.75 Å². The molecule has 0 radical (unpaired) electrons. The minimum atomic E-state index is -0.813. The van der Waals surface area contributed by atoms with Crippen LogP contribution in [0.25, 0.3) is 0 Å². The molecule has 1 saturated heterocycles. The number of likely N-dealkylation sites (N-methyl/N-ethyl adjacent to an activating group) is 1. The average molecular weight is 757 g/mol. The minimum absolute atomic E-state index is 0. The maximum atomic E-state index is 13.5. The first-order chi connectivity index (χ1) is 22.0. The van der Waals surface area contributed by atoms with E-state index >= 15 is 0 Å². The second kappa shape index (κ2) is 27.3. The third-order valence-corrected chi connectivity index (χ3v) is 9.30. The summed E-state index contributed by atoms with van der Waals surface area (Å²) >= 11 is 0. The molecular weight excluding hydrogens is 689 g/mol. The van der Waals surface area contributed by atoms with Crippen molar-refractivity contribution in [2.75, 3.05) is 66.6 Å². The SMILES string of the molecule is CCCCNC(=O)C(CC(O)C(N)CC(CNC(=O)c1ccc(CN2CCN(C)CC2)cc1OCCCCOC)C(C)C)C(C)C.Cl.Cl.Cl. The Morgan fingerprint density at radius 1 is 0.939 bits per heavy atom. The summed E-state index contributed by atoms with van der Waals surface area (Å²) in [6.07, 6.45) is 3.72. The zero-order chi connectivity index (χ0) is 34.1. The number of aliphatic hydroxyl groups is 1. The monoisotopic (exact) mass is 755 g/mol. The van der Waals surface area contributed by atoms with E-state index in [-0.39, 0.29) is 72.7 Å². The molecule has 1 aliphatic heterocycles. The molecule has 0 bridgehead atoms. The molecule has 2 amide bonds. The van der Waals surface area contributed by atoms with Crippen molar-refractivity contribution in [2.24, 2.45) is 29.4 Å². The Bertz CT molecular complexity index is 1030. The number of rotatable bonds is 22. The Morgan fingerprint density at radius 3 is 2.18 bits per heavy atom. The summed E-state index contributed by atoms with van der Waals surface area (Å²) in [4.78, 5) is 31.1. The van der Waals surface area contributed by atoms with Gasteiger partial charge < -0.3 is 35.8 Å². The van der Waals surface area contributed by atoms with E-state index in [4.69, 9.17) is 15.2 Å². The van der Waals surface area contributed by atoms with E-state index in [1.54, 1.807) is 7.11 Å². The number of piperazine rings is 1. The molecule has 13 heteroatoms. The first kappa shape index (κ1) is 49.7. The van der Waals surface area contributed by atoms with Crippen LogP contribution in [0.1, 0.15) is 89.1 Å². The van der Waals surface area contributed by atoms with Crippen molar-refractivity contribution in [2.45, 2.75) is 91.8 Å². The summed E-state index contributed by atoms with van der Waals surface area (Å²) in [6, 6.07) is 5.41. The lowest BCUT2D eigenvalue weighted by Gasteiger charge is -2.32. The first-order valence-corrected chi connectivity index (χ1v) is 17.6. The highest BCUT2D eigenvalue weighted by Gasteiger charge is 2.30. The number of nitrogens with one attached hydrogen (secondary N) is 2. The molecule has 10 nitrogen and oxygen atoms in total. The number of hydrogen-bond donors (Lipinski definition) is 4. The number of carbonyl (C=O) groups excluding carboxylic acids is 2. The minimum Gasteiger partial charge on any atom is -0.493 e. The van der Waals surface area contributed by atoms with Gasteiger partial charge in [-0.2, -0.15) is 0 Å². The van der Waals surface area contributed by atoms with Gasteiger partial charge in [0.15, 0.2) is 0 Å². The lowest BCUT2D eigenvalue weighted by Crippen LogP contribution is -2.44. The molecule has 1 fully saturated rings. The predicted molar refractivity (Wildman–Crippen MR) is 208 cm³/mol. The molecule has 4 atom stereocenters. The van der Waals surface area contributed by atoms with Crippen molar-refractivity contribution in [1.82, 2.24) is 20.4 Å². The molecule has 0 aliphatic carbocycles. The highest BCUT2D eigenvalue weighted by molar-refractivity contribution is 5.97. The maximum Gasteiger partial charge on any atom is 0.255 e. The fraction of sp³-hybridized carbons (Fsp3) is 0.778. The van der Waals surface area contributed by atoms with Crippen LogP contribution in [0.4, 0.5) is 0 Å². The van der Waals surface area contributed by atoms with Crippen LogP contribution in [0.15, 0.2) is 18.2 Å². The summed E-state index contributed by atoms with van der Waals surface area (Å²) in [6.45, 7) is 17.5. The van der Waals surface area contributed by atoms with Crippen molar-refractivity contribution in [3.63, 3.8) is 0 Å². The lowest BCUT2D eigenvalue weighted by atomic mass is 9.83. The largest absolute Gasteiger partial charge is 0.493 e. The number of unbranched alkanes of at least 4 members (excludes halogenated alkanes) is 2. The van der Waals surface area contributed by atoms with E-state index in [9.17, 15) is 14.7 Å². The molecule has 0 spiro atoms. The molecule has 1 aromatic carbocycles. The van der Waals surface area contributed by atoms with Crippen LogP contribution in [-0.2, 0) is 16.1 Å². The summed E-state index contributed by atoms with van der Waals surface area (Å²) in [5.74, 6) is 0.482. The number of halogens is 3. The van der Waals surface area contributed by atoms with Gasteiger partial charge in [0.25, 0.3) is 5.91 Å². The molecule has 288 valence electrons. The smallest absolute Gasteiger partial charge is 0.255 e. The zero-order valence-electron chi connectivity index (χ0n) is 31.1. The molecule has 2 rings (SSSR count). The van der Waals surface area contributed by atoms with Gasteiger partial charge in [0.2, 0.25) is 5.91 Å². The van der Waals surface area contributed by atoms with E-state index in [2.05, 4.69) is 48.3 Å². The van der Waals surface area contributed by atoms with Gasteiger partial charge in [-0.05, 0) is 74.6 Å². The number of nitrogens with two attached hydrogens (primary N) is 1. The molecule has 0 aromatic heterocycles. The van der Waals surface area contributed by atoms with Gasteiger partial charge in [0, 0.05) is 71.5 Å². The summed E-state index contributed by atoms with van der Waals surface area (Å²) in [5.41, 5.74) is 8.18. The second-order valence-electron chi connectivity index (χ2n) is 13.9. The third-order valence-electron chi connectivity index (χ3n) is 9.30. The number of aliphatic hydroxyl groups excluding tert-OH is 1. The van der Waals surface area contributed by atoms with E-state index in [1.165, 1.54) is 0 Å². The summed E-state index contributed by atoms with van der Waals surface area (Å²) in [7, 11) is 3.85. The number of benzene rings is 1. The fourth-order valence-corrected chi connectivity index (χ4v) is 5.82. The van der Waals surface area contributed by atoms with Gasteiger partial charge >= 0.3 is 0 Å². The second-order valence-corrected chi connectivity index (χ2v) is 13.9. The number of nitrogens with zero attached hydrogens (tertiary/aromatic N) is 2. The van der Waals surface area contributed by atoms with Crippen molar-refractivity contribution in [1.29, 1.82) is 0 Å². The van der Waals surface area contributed by atoms with Crippen molar-refractivity contribution >= 4 is 49.0 Å². The van der Waals surface area contributed by atoms with E-state index in [0.29, 0.717) is 50.5 Å². The van der Waals surface area contributed by atoms with Crippen molar-refractivity contribution in [3.8, 4) is 5.75 Å². The molecule has 5 N–H and O–H groups in total. The van der Waals surface area contributed by atoms with Crippen LogP contribution in [-0.4, -0.2) is 106 Å². The van der Waals surface area contributed by atoms with E-state index < -0.39 is 12.1 Å². The Morgan fingerprint density at radius 2 is 1.59 bits per heavy atom. The number of amides is 2. The first-order valence-electron chi connectivity index (χ1n) is 17.6. The Balaban J connectivity index is 0. The highest BCUT2D eigenvalue weighted by Crippen LogP contribution is 2.25. The molecule has 49 heavy (non-hydrogen) atoms. The number of ether oxygens (including phenoxy) is 2. The standard InChI is InChI=1S/C36H65N5O5.3ClH/c1-8-9-14-38-36(44)31(27(4)5)23-33(42)32(37)22-29(26(2)3)24-39-35(43)30-13-12-28(25-41-17-15-40(6)16-18-41)21-34(30)46-20-11-10-19-45-7;;;/h12-13,21,26-27,29,31-33,42H,8-11,14-20,22-25,37H2,1-7H3,(H,38,44)(H,39,43);3*1H. The Labute approximate surface area is 315 Å². The molecule has 1 aliphatic rings. The molecular formula is C36H68Cl3N5O5. The molecule has 1 aromatic rings. The lowest BCUT2D eigenvalue weighted by molar-refractivity contribution is -0.127. The van der Waals surface area contributed by atoms with Gasteiger partial charge in [-0.15, -0.1) is 37.2 Å². The van der Waals surface area contributed by atoms with Gasteiger partial charge in [-0.3, -0.25) is 14.5 Å². The van der Waals surface area contributed by atoms with E-state index in [0.717, 1.165) is 64.0 Å². The third kappa shape index (κ3) is 18.6. The van der Waals surface area contributed by atoms with Crippen LogP contribution in [0.2, 0.25) is 0 Å². The van der Waals surface area contributed by atoms with E-state index in [1.807, 2.05) is 32.0 Å². The van der Waals surface area contributed by atoms with Gasteiger partial charge in [-0.25, -0.2) is 0 Å². The predicted octanol–water partition coefficient (Wildman–Crippen LogP) is 5.16. The van der Waals surface area contributed by atoms with Crippen LogP contribution < -0.4 is 21.1 Å². The molecule has 4 unspecified atom stereocenters. The Hall–Kier alpha value is -1.37. The van der Waals surface area contributed by atoms with Crippen LogP contribution in [0, 0.1) is 23.7 Å². The topological polar surface area (TPSA) is 129 Å². The van der Waals surface area contributed by atoms with Crippen LogP contribution in [0.3, 0.4) is 0 Å². The summed E-state index contributed by atoms with van der Waals surface area (Å²) in [5, 5.41) is 17.2. The molecule has 0 saturated carbocycles. The van der Waals surface area contributed by atoms with Gasteiger partial charge in [-0.1, -0.05) is 47.1 Å². The number of methoxy groups -OCH3 is 1. The van der Waals surface area contributed by atoms with Gasteiger partial charge in [0.05, 0.1) is 18.3 Å². The normalized spacial score (nSPS) is 16.1. The maximum absolute atomic E-state index is 13.5. The van der Waals surface area contributed by atoms with Crippen molar-refractivity contribution in [3.05, 3.63) is 29.3 Å². The zero-order valence-corrected chi connectivity index (χ0v) is 33.5. The quantitative estimate of drug-likeness (QED) is 0.120.